The van der Waals surface area contributed by atoms with E-state index < -0.39 is 0 Å². The SMILES string of the molecule is Cn1nc(C(=O)NC2CCN(c3ccc4nncn4n3)C2)ccc1=O. The van der Waals surface area contributed by atoms with Gasteiger partial charge in [0.05, 0.1) is 0 Å². The molecule has 1 saturated heterocycles. The van der Waals surface area contributed by atoms with Crippen LogP contribution in [0.5, 0.6) is 0 Å². The highest BCUT2D eigenvalue weighted by Gasteiger charge is 2.26. The number of aryl methyl sites for hydroxylation is 1. The van der Waals surface area contributed by atoms with Crippen LogP contribution >= 0.6 is 0 Å². The van der Waals surface area contributed by atoms with Crippen molar-refractivity contribution in [3.63, 3.8) is 0 Å². The van der Waals surface area contributed by atoms with E-state index in [4.69, 9.17) is 0 Å². The third-order valence-corrected chi connectivity index (χ3v) is 4.19. The Bertz CT molecular complexity index is 994. The van der Waals surface area contributed by atoms with Crippen LogP contribution in [0, 0.1) is 0 Å². The van der Waals surface area contributed by atoms with Crippen LogP contribution < -0.4 is 15.8 Å². The van der Waals surface area contributed by atoms with E-state index in [1.54, 1.807) is 10.8 Å². The molecule has 3 aromatic heterocycles. The maximum Gasteiger partial charge on any atom is 0.272 e. The summed E-state index contributed by atoms with van der Waals surface area (Å²) in [5, 5.41) is 19.1. The minimum absolute atomic E-state index is 0.00931. The van der Waals surface area contributed by atoms with Gasteiger partial charge in [0, 0.05) is 32.2 Å². The van der Waals surface area contributed by atoms with Gasteiger partial charge in [-0.15, -0.1) is 15.3 Å². The molecule has 1 aliphatic rings. The topological polar surface area (TPSA) is 110 Å². The van der Waals surface area contributed by atoms with Crippen molar-refractivity contribution in [1.82, 2.24) is 34.9 Å². The summed E-state index contributed by atoms with van der Waals surface area (Å²) in [4.78, 5) is 25.8. The number of carbonyl (C=O) groups is 1. The molecule has 1 fully saturated rings. The van der Waals surface area contributed by atoms with Crippen LogP contribution in [-0.2, 0) is 7.05 Å². The molecule has 1 atom stereocenters. The van der Waals surface area contributed by atoms with Crippen molar-refractivity contribution in [2.45, 2.75) is 12.5 Å². The molecule has 0 saturated carbocycles. The van der Waals surface area contributed by atoms with Gasteiger partial charge in [-0.2, -0.15) is 9.61 Å². The Labute approximate surface area is 142 Å². The van der Waals surface area contributed by atoms with Crippen LogP contribution in [0.3, 0.4) is 0 Å². The summed E-state index contributed by atoms with van der Waals surface area (Å²) in [6, 6.07) is 6.51. The second-order valence-corrected chi connectivity index (χ2v) is 5.91. The molecular weight excluding hydrogens is 324 g/mol. The molecule has 10 heteroatoms. The van der Waals surface area contributed by atoms with Gasteiger partial charge in [-0.05, 0) is 24.6 Å². The Morgan fingerprint density at radius 3 is 2.96 bits per heavy atom. The number of hydrogen-bond donors (Lipinski definition) is 1. The third kappa shape index (κ3) is 2.93. The standard InChI is InChI=1S/C15H16N8O2/c1-21-14(24)5-2-11(19-21)15(25)17-10-6-7-22(8-10)13-4-3-12-18-16-9-23(12)20-13/h2-5,9-10H,6-8H2,1H3,(H,17,25). The minimum Gasteiger partial charge on any atom is -0.353 e. The monoisotopic (exact) mass is 340 g/mol. The fourth-order valence-corrected chi connectivity index (χ4v) is 2.86. The highest BCUT2D eigenvalue weighted by atomic mass is 16.2. The lowest BCUT2D eigenvalue weighted by molar-refractivity contribution is 0.0933. The van der Waals surface area contributed by atoms with Crippen LogP contribution in [0.4, 0.5) is 5.82 Å². The Morgan fingerprint density at radius 2 is 2.12 bits per heavy atom. The maximum atomic E-state index is 12.3. The van der Waals surface area contributed by atoms with Crippen LogP contribution in [0.15, 0.2) is 35.4 Å². The fourth-order valence-electron chi connectivity index (χ4n) is 2.86. The second kappa shape index (κ2) is 5.96. The van der Waals surface area contributed by atoms with Gasteiger partial charge in [0.1, 0.15) is 17.8 Å². The number of amides is 1. The number of anilines is 1. The Balaban J connectivity index is 1.44. The molecule has 0 spiro atoms. The number of nitrogens with zero attached hydrogens (tertiary/aromatic N) is 7. The number of nitrogens with one attached hydrogen (secondary N) is 1. The molecule has 128 valence electrons. The van der Waals surface area contributed by atoms with Gasteiger partial charge in [0.2, 0.25) is 0 Å². The minimum atomic E-state index is -0.287. The Hall–Kier alpha value is -3.30. The maximum absolute atomic E-state index is 12.3. The zero-order valence-corrected chi connectivity index (χ0v) is 13.5. The van der Waals surface area contributed by atoms with Gasteiger partial charge in [0.15, 0.2) is 5.65 Å². The molecule has 0 aromatic carbocycles. The quantitative estimate of drug-likeness (QED) is 0.666. The smallest absolute Gasteiger partial charge is 0.272 e. The van der Waals surface area contributed by atoms with Crippen LogP contribution in [0.25, 0.3) is 5.65 Å². The molecule has 10 nitrogen and oxygen atoms in total. The first-order valence-electron chi connectivity index (χ1n) is 7.87. The summed E-state index contributed by atoms with van der Waals surface area (Å²) < 4.78 is 2.77. The number of hydrogen-bond acceptors (Lipinski definition) is 7. The molecule has 4 rings (SSSR count). The fraction of sp³-hybridized carbons (Fsp3) is 0.333. The van der Waals surface area contributed by atoms with E-state index in [-0.39, 0.29) is 23.2 Å². The first-order valence-corrected chi connectivity index (χ1v) is 7.87. The molecule has 1 aliphatic heterocycles. The van der Waals surface area contributed by atoms with Crippen molar-refractivity contribution >= 4 is 17.4 Å². The Morgan fingerprint density at radius 1 is 1.24 bits per heavy atom. The summed E-state index contributed by atoms with van der Waals surface area (Å²) in [6.45, 7) is 1.43. The molecule has 0 bridgehead atoms. The van der Waals surface area contributed by atoms with Crippen LogP contribution in [-0.4, -0.2) is 54.6 Å². The predicted octanol–water partition coefficient (Wildman–Crippen LogP) is -0.773. The van der Waals surface area contributed by atoms with E-state index in [1.807, 2.05) is 12.1 Å². The van der Waals surface area contributed by atoms with Crippen molar-refractivity contribution in [3.05, 3.63) is 46.6 Å². The summed E-state index contributed by atoms with van der Waals surface area (Å²) in [6.07, 6.45) is 2.36. The largest absolute Gasteiger partial charge is 0.353 e. The molecule has 25 heavy (non-hydrogen) atoms. The number of fused-ring (bicyclic) bond motifs is 1. The van der Waals surface area contributed by atoms with Crippen LogP contribution in [0.1, 0.15) is 16.9 Å². The van der Waals surface area contributed by atoms with Gasteiger partial charge in [-0.1, -0.05) is 0 Å². The zero-order chi connectivity index (χ0) is 17.4. The molecule has 1 N–H and O–H groups in total. The van der Waals surface area contributed by atoms with Gasteiger partial charge in [0.25, 0.3) is 11.5 Å². The molecule has 4 heterocycles. The van der Waals surface area contributed by atoms with Crippen molar-refractivity contribution in [2.75, 3.05) is 18.0 Å². The normalized spacial score (nSPS) is 17.2. The van der Waals surface area contributed by atoms with Gasteiger partial charge in [-0.25, -0.2) is 4.68 Å². The number of carbonyl (C=O) groups excluding carboxylic acids is 1. The van der Waals surface area contributed by atoms with Gasteiger partial charge < -0.3 is 10.2 Å². The lowest BCUT2D eigenvalue weighted by Gasteiger charge is -2.17. The lowest BCUT2D eigenvalue weighted by atomic mass is 10.2. The van der Waals surface area contributed by atoms with Crippen LogP contribution in [0.2, 0.25) is 0 Å². The summed E-state index contributed by atoms with van der Waals surface area (Å²) in [7, 11) is 1.52. The van der Waals surface area contributed by atoms with E-state index in [0.29, 0.717) is 12.2 Å². The van der Waals surface area contributed by atoms with E-state index in [1.165, 1.54) is 19.2 Å². The molecule has 1 unspecified atom stereocenters. The zero-order valence-electron chi connectivity index (χ0n) is 13.5. The molecule has 0 aliphatic carbocycles. The number of aromatic nitrogens is 6. The van der Waals surface area contributed by atoms with Gasteiger partial charge >= 0.3 is 0 Å². The average molecular weight is 340 g/mol. The lowest BCUT2D eigenvalue weighted by Crippen LogP contribution is -2.38. The Kier molecular flexibility index (Phi) is 3.64. The summed E-state index contributed by atoms with van der Waals surface area (Å²) >= 11 is 0. The second-order valence-electron chi connectivity index (χ2n) is 5.91. The highest BCUT2D eigenvalue weighted by molar-refractivity contribution is 5.92. The highest BCUT2D eigenvalue weighted by Crippen LogP contribution is 2.18. The summed E-state index contributed by atoms with van der Waals surface area (Å²) in [5.41, 5.74) is 0.664. The molecule has 3 aromatic rings. The first kappa shape index (κ1) is 15.2. The van der Waals surface area contributed by atoms with E-state index in [2.05, 4.69) is 30.6 Å². The van der Waals surface area contributed by atoms with Crippen molar-refractivity contribution < 1.29 is 4.79 Å². The molecule has 1 amide bonds. The number of rotatable bonds is 3. The van der Waals surface area contributed by atoms with Gasteiger partial charge in [-0.3, -0.25) is 9.59 Å². The average Bonchev–Trinajstić information content (AvgIpc) is 3.25. The van der Waals surface area contributed by atoms with Crippen molar-refractivity contribution in [2.24, 2.45) is 7.05 Å². The van der Waals surface area contributed by atoms with E-state index >= 15 is 0 Å². The third-order valence-electron chi connectivity index (χ3n) is 4.19. The first-order chi connectivity index (χ1) is 12.1. The van der Waals surface area contributed by atoms with Crippen molar-refractivity contribution in [1.29, 1.82) is 0 Å². The predicted molar refractivity (Wildman–Crippen MR) is 88.3 cm³/mol. The summed E-state index contributed by atoms with van der Waals surface area (Å²) in [5.74, 6) is 0.522. The molecular formula is C15H16N8O2. The van der Waals surface area contributed by atoms with E-state index in [9.17, 15) is 9.59 Å². The molecule has 0 radical (unpaired) electrons. The van der Waals surface area contributed by atoms with Crippen molar-refractivity contribution in [3.8, 4) is 0 Å². The van der Waals surface area contributed by atoms with E-state index in [0.717, 1.165) is 23.5 Å².